The zero-order valence-corrected chi connectivity index (χ0v) is 10.7. The summed E-state index contributed by atoms with van der Waals surface area (Å²) in [4.78, 5) is 14.7. The smallest absolute Gasteiger partial charge is 0.341 e. The molecule has 0 fully saturated rings. The number of ether oxygens (including phenoxy) is 1. The van der Waals surface area contributed by atoms with Crippen LogP contribution in [0.25, 0.3) is 0 Å². The predicted molar refractivity (Wildman–Crippen MR) is 67.7 cm³/mol. The van der Waals surface area contributed by atoms with Gasteiger partial charge < -0.3 is 9.84 Å². The lowest BCUT2D eigenvalue weighted by Crippen LogP contribution is -2.02. The van der Waals surface area contributed by atoms with E-state index in [1.807, 2.05) is 0 Å². The fraction of sp³-hybridized carbons (Fsp3) is 0. The second kappa shape index (κ2) is 5.42. The van der Waals surface area contributed by atoms with Gasteiger partial charge in [-0.05, 0) is 24.3 Å². The quantitative estimate of drug-likeness (QED) is 0.870. The van der Waals surface area contributed by atoms with Gasteiger partial charge in [-0.2, -0.15) is 0 Å². The number of nitrogens with zero attached hydrogens (tertiary/aromatic N) is 1. The summed E-state index contributed by atoms with van der Waals surface area (Å²) in [6, 6.07) is 6.27. The third-order valence-electron chi connectivity index (χ3n) is 2.16. The number of hydrogen-bond donors (Lipinski definition) is 1. The Morgan fingerprint density at radius 2 is 2.00 bits per heavy atom. The minimum Gasteiger partial charge on any atom is -0.477 e. The Morgan fingerprint density at radius 1 is 1.26 bits per heavy atom. The molecule has 0 aliphatic carbocycles. The monoisotopic (exact) mass is 301 g/mol. The first kappa shape index (κ1) is 13.6. The van der Waals surface area contributed by atoms with Crippen molar-refractivity contribution in [1.82, 2.24) is 4.98 Å². The zero-order chi connectivity index (χ0) is 14.0. The zero-order valence-electron chi connectivity index (χ0n) is 9.23. The lowest BCUT2D eigenvalue weighted by molar-refractivity contribution is 0.0693. The number of hydrogen-bond acceptors (Lipinski definition) is 3. The van der Waals surface area contributed by atoms with E-state index < -0.39 is 11.8 Å². The van der Waals surface area contributed by atoms with E-state index in [9.17, 15) is 9.18 Å². The van der Waals surface area contributed by atoms with Crippen molar-refractivity contribution in [1.29, 1.82) is 0 Å². The van der Waals surface area contributed by atoms with E-state index in [1.165, 1.54) is 24.3 Å². The maximum Gasteiger partial charge on any atom is 0.341 e. The van der Waals surface area contributed by atoms with Crippen molar-refractivity contribution in [2.75, 3.05) is 0 Å². The van der Waals surface area contributed by atoms with Crippen LogP contribution in [0, 0.1) is 5.82 Å². The van der Waals surface area contributed by atoms with E-state index in [-0.39, 0.29) is 27.4 Å². The number of aromatic carboxylic acids is 1. The molecule has 0 saturated heterocycles. The standard InChI is InChI=1S/C12H6Cl2FNO3/c13-8-3-1-6(5-9(8)15)19-11-7(12(17)18)2-4-10(14)16-11/h1-5H,(H,17,18). The summed E-state index contributed by atoms with van der Waals surface area (Å²) in [5, 5.41) is 8.97. The molecular formula is C12H6Cl2FNO3. The van der Waals surface area contributed by atoms with Gasteiger partial charge in [-0.25, -0.2) is 14.2 Å². The summed E-state index contributed by atoms with van der Waals surface area (Å²) in [5.41, 5.74) is -0.181. The average molecular weight is 302 g/mol. The second-order valence-electron chi connectivity index (χ2n) is 3.47. The third-order valence-corrected chi connectivity index (χ3v) is 2.68. The molecule has 1 aromatic carbocycles. The van der Waals surface area contributed by atoms with Crippen LogP contribution >= 0.6 is 23.2 Å². The highest BCUT2D eigenvalue weighted by Gasteiger charge is 2.15. The van der Waals surface area contributed by atoms with Crippen molar-refractivity contribution in [3.63, 3.8) is 0 Å². The predicted octanol–water partition coefficient (Wildman–Crippen LogP) is 4.02. The molecule has 0 unspecified atom stereocenters. The van der Waals surface area contributed by atoms with E-state index in [2.05, 4.69) is 4.98 Å². The van der Waals surface area contributed by atoms with Gasteiger partial charge in [0.1, 0.15) is 22.3 Å². The van der Waals surface area contributed by atoms with Crippen LogP contribution in [-0.2, 0) is 0 Å². The molecule has 98 valence electrons. The topological polar surface area (TPSA) is 59.4 Å². The van der Waals surface area contributed by atoms with E-state index in [0.29, 0.717) is 0 Å². The number of carboxylic acid groups (broad SMARTS) is 1. The molecule has 7 heteroatoms. The number of carboxylic acids is 1. The highest BCUT2D eigenvalue weighted by Crippen LogP contribution is 2.27. The molecule has 0 aliphatic rings. The number of halogens is 3. The maximum atomic E-state index is 13.2. The molecule has 2 rings (SSSR count). The van der Waals surface area contributed by atoms with Crippen molar-refractivity contribution in [2.45, 2.75) is 0 Å². The van der Waals surface area contributed by atoms with E-state index in [0.717, 1.165) is 6.07 Å². The third kappa shape index (κ3) is 3.13. The number of pyridine rings is 1. The Kier molecular flexibility index (Phi) is 3.87. The Balaban J connectivity index is 2.39. The average Bonchev–Trinajstić information content (AvgIpc) is 2.33. The van der Waals surface area contributed by atoms with Gasteiger partial charge in [0, 0.05) is 6.07 Å². The van der Waals surface area contributed by atoms with Crippen molar-refractivity contribution in [3.05, 3.63) is 51.9 Å². The van der Waals surface area contributed by atoms with E-state index >= 15 is 0 Å². The molecule has 0 amide bonds. The molecule has 1 N–H and O–H groups in total. The fourth-order valence-electron chi connectivity index (χ4n) is 1.31. The highest BCUT2D eigenvalue weighted by molar-refractivity contribution is 6.30. The minimum absolute atomic E-state index is 0.0643. The number of benzene rings is 1. The minimum atomic E-state index is -1.23. The lowest BCUT2D eigenvalue weighted by Gasteiger charge is -2.08. The molecule has 0 atom stereocenters. The summed E-state index contributed by atoms with van der Waals surface area (Å²) < 4.78 is 18.5. The lowest BCUT2D eigenvalue weighted by atomic mass is 10.2. The molecule has 2 aromatic rings. The van der Waals surface area contributed by atoms with E-state index in [1.54, 1.807) is 0 Å². The molecule has 0 spiro atoms. The molecule has 4 nitrogen and oxygen atoms in total. The maximum absolute atomic E-state index is 13.2. The molecule has 0 radical (unpaired) electrons. The van der Waals surface area contributed by atoms with Gasteiger partial charge in [0.2, 0.25) is 5.88 Å². The van der Waals surface area contributed by atoms with Crippen molar-refractivity contribution in [2.24, 2.45) is 0 Å². The number of rotatable bonds is 3. The Morgan fingerprint density at radius 3 is 2.63 bits per heavy atom. The molecule has 0 saturated carbocycles. The second-order valence-corrected chi connectivity index (χ2v) is 4.26. The van der Waals surface area contributed by atoms with E-state index in [4.69, 9.17) is 33.0 Å². The van der Waals surface area contributed by atoms with Crippen molar-refractivity contribution >= 4 is 29.2 Å². The number of carbonyl (C=O) groups is 1. The van der Waals surface area contributed by atoms with Crippen LogP contribution in [0.4, 0.5) is 4.39 Å². The normalized spacial score (nSPS) is 10.3. The Bertz CT molecular complexity index is 649. The first-order valence-corrected chi connectivity index (χ1v) is 5.75. The van der Waals surface area contributed by atoms with Gasteiger partial charge in [0.25, 0.3) is 0 Å². The Labute approximate surface area is 117 Å². The van der Waals surface area contributed by atoms with Crippen molar-refractivity contribution < 1.29 is 19.0 Å². The first-order valence-electron chi connectivity index (χ1n) is 5.00. The van der Waals surface area contributed by atoms with Crippen LogP contribution in [0.1, 0.15) is 10.4 Å². The van der Waals surface area contributed by atoms with Gasteiger partial charge in [-0.3, -0.25) is 0 Å². The van der Waals surface area contributed by atoms with Gasteiger partial charge in [0.05, 0.1) is 5.02 Å². The largest absolute Gasteiger partial charge is 0.477 e. The molecule has 1 heterocycles. The van der Waals surface area contributed by atoms with Gasteiger partial charge in [-0.15, -0.1) is 0 Å². The van der Waals surface area contributed by atoms with Crippen LogP contribution in [0.3, 0.4) is 0 Å². The summed E-state index contributed by atoms with van der Waals surface area (Å²) in [6.45, 7) is 0. The van der Waals surface area contributed by atoms with Gasteiger partial charge in [-0.1, -0.05) is 23.2 Å². The summed E-state index contributed by atoms with van der Waals surface area (Å²) in [5.74, 6) is -2.06. The van der Waals surface area contributed by atoms with Crippen LogP contribution < -0.4 is 4.74 Å². The van der Waals surface area contributed by atoms with Gasteiger partial charge >= 0.3 is 5.97 Å². The fourth-order valence-corrected chi connectivity index (χ4v) is 1.57. The molecule has 19 heavy (non-hydrogen) atoms. The summed E-state index contributed by atoms with van der Waals surface area (Å²) in [6.07, 6.45) is 0. The molecule has 1 aromatic heterocycles. The summed E-state index contributed by atoms with van der Waals surface area (Å²) >= 11 is 11.2. The first-order chi connectivity index (χ1) is 8.97. The van der Waals surface area contributed by atoms with Crippen molar-refractivity contribution in [3.8, 4) is 11.6 Å². The molecule has 0 aliphatic heterocycles. The van der Waals surface area contributed by atoms with Crippen LogP contribution in [0.2, 0.25) is 10.2 Å². The van der Waals surface area contributed by atoms with Crippen LogP contribution in [-0.4, -0.2) is 16.1 Å². The Hall–Kier alpha value is -1.85. The number of aromatic nitrogens is 1. The van der Waals surface area contributed by atoms with Gasteiger partial charge in [0.15, 0.2) is 0 Å². The van der Waals surface area contributed by atoms with Crippen LogP contribution in [0.15, 0.2) is 30.3 Å². The summed E-state index contributed by atoms with van der Waals surface area (Å²) in [7, 11) is 0. The molecular weight excluding hydrogens is 296 g/mol. The van der Waals surface area contributed by atoms with Crippen LogP contribution in [0.5, 0.6) is 11.6 Å². The highest BCUT2D eigenvalue weighted by atomic mass is 35.5. The SMILES string of the molecule is O=C(O)c1ccc(Cl)nc1Oc1ccc(Cl)c(F)c1. The molecule has 0 bridgehead atoms.